The molecular weight excluding hydrogens is 354 g/mol. The second-order valence-electron chi connectivity index (χ2n) is 5.11. The first-order chi connectivity index (χ1) is 12.7. The van der Waals surface area contributed by atoms with E-state index >= 15 is 0 Å². The average Bonchev–Trinajstić information content (AvgIpc) is 3.06. The number of pyridine rings is 1. The van der Waals surface area contributed by atoms with Gasteiger partial charge in [0.2, 0.25) is 10.5 Å². The molecule has 0 saturated heterocycles. The molecule has 0 unspecified atom stereocenters. The first-order valence-electron chi connectivity index (χ1n) is 7.60. The maximum atomic E-state index is 5.39. The zero-order valence-electron chi connectivity index (χ0n) is 14.5. The quantitative estimate of drug-likeness (QED) is 0.530. The molecule has 0 saturated carbocycles. The summed E-state index contributed by atoms with van der Waals surface area (Å²) in [6, 6.07) is 7.28. The van der Waals surface area contributed by atoms with Crippen molar-refractivity contribution in [2.24, 2.45) is 5.10 Å². The molecule has 1 aromatic carbocycles. The highest BCUT2D eigenvalue weighted by Gasteiger charge is 2.17. The van der Waals surface area contributed by atoms with Crippen molar-refractivity contribution >= 4 is 18.4 Å². The van der Waals surface area contributed by atoms with Crippen LogP contribution in [-0.4, -0.2) is 47.4 Å². The van der Waals surface area contributed by atoms with Crippen LogP contribution < -0.4 is 14.2 Å². The summed E-state index contributed by atoms with van der Waals surface area (Å²) < 4.78 is 18.0. The Morgan fingerprint density at radius 2 is 1.88 bits per heavy atom. The van der Waals surface area contributed by atoms with Crippen molar-refractivity contribution in [2.45, 2.75) is 0 Å². The molecule has 3 rings (SSSR count). The van der Waals surface area contributed by atoms with E-state index in [1.54, 1.807) is 52.1 Å². The third-order valence-electron chi connectivity index (χ3n) is 3.58. The second-order valence-corrected chi connectivity index (χ2v) is 5.50. The van der Waals surface area contributed by atoms with Crippen LogP contribution >= 0.6 is 12.2 Å². The summed E-state index contributed by atoms with van der Waals surface area (Å²) in [6.07, 6.45) is 5.05. The van der Waals surface area contributed by atoms with E-state index in [0.29, 0.717) is 33.4 Å². The number of ether oxygens (including phenoxy) is 3. The molecule has 0 fully saturated rings. The number of rotatable bonds is 6. The van der Waals surface area contributed by atoms with Crippen LogP contribution in [0.2, 0.25) is 0 Å². The van der Waals surface area contributed by atoms with Gasteiger partial charge in [-0.15, -0.1) is 0 Å². The molecule has 1 N–H and O–H groups in total. The van der Waals surface area contributed by atoms with Crippen LogP contribution in [-0.2, 0) is 0 Å². The number of hydrogen-bond donors (Lipinski definition) is 1. The standard InChI is InChI=1S/C17H17N5O3S/c1-23-13-7-12(8-14(24-2)15(13)25-3)16-20-21-17(26)22(16)19-10-11-5-4-6-18-9-11/h4-10H,1-3H3,(H,21,26)/b19-10-. The van der Waals surface area contributed by atoms with Gasteiger partial charge in [-0.25, -0.2) is 5.10 Å². The average molecular weight is 371 g/mol. The Labute approximate surface area is 155 Å². The Bertz CT molecular complexity index is 957. The number of hydrogen-bond acceptors (Lipinski definition) is 7. The summed E-state index contributed by atoms with van der Waals surface area (Å²) in [5.41, 5.74) is 1.54. The van der Waals surface area contributed by atoms with Crippen molar-refractivity contribution in [1.82, 2.24) is 19.9 Å². The van der Waals surface area contributed by atoms with E-state index in [0.717, 1.165) is 5.56 Å². The molecule has 134 valence electrons. The third-order valence-corrected chi connectivity index (χ3v) is 3.84. The van der Waals surface area contributed by atoms with Gasteiger partial charge in [0.15, 0.2) is 17.3 Å². The van der Waals surface area contributed by atoms with E-state index < -0.39 is 0 Å². The molecule has 0 atom stereocenters. The van der Waals surface area contributed by atoms with E-state index in [4.69, 9.17) is 26.4 Å². The highest BCUT2D eigenvalue weighted by Crippen LogP contribution is 2.40. The first-order valence-corrected chi connectivity index (χ1v) is 8.01. The van der Waals surface area contributed by atoms with Gasteiger partial charge in [0.1, 0.15) is 0 Å². The lowest BCUT2D eigenvalue weighted by Gasteiger charge is -2.13. The number of H-pyrrole nitrogens is 1. The molecule has 0 radical (unpaired) electrons. The number of aromatic amines is 1. The van der Waals surface area contributed by atoms with Gasteiger partial charge in [-0.1, -0.05) is 6.07 Å². The lowest BCUT2D eigenvalue weighted by molar-refractivity contribution is 0.324. The fourth-order valence-electron chi connectivity index (χ4n) is 2.37. The van der Waals surface area contributed by atoms with Gasteiger partial charge < -0.3 is 14.2 Å². The van der Waals surface area contributed by atoms with E-state index in [2.05, 4.69) is 20.3 Å². The Kier molecular flexibility index (Phi) is 5.28. The van der Waals surface area contributed by atoms with Crippen molar-refractivity contribution < 1.29 is 14.2 Å². The Morgan fingerprint density at radius 1 is 1.15 bits per heavy atom. The fourth-order valence-corrected chi connectivity index (χ4v) is 2.55. The zero-order valence-corrected chi connectivity index (χ0v) is 15.3. The highest BCUT2D eigenvalue weighted by molar-refractivity contribution is 7.71. The molecule has 2 aromatic heterocycles. The van der Waals surface area contributed by atoms with Gasteiger partial charge in [0.05, 0.1) is 27.5 Å². The van der Waals surface area contributed by atoms with Crippen LogP contribution in [0.5, 0.6) is 17.2 Å². The van der Waals surface area contributed by atoms with Crippen molar-refractivity contribution in [2.75, 3.05) is 21.3 Å². The molecule has 3 aromatic rings. The highest BCUT2D eigenvalue weighted by atomic mass is 32.1. The third kappa shape index (κ3) is 3.42. The van der Waals surface area contributed by atoms with Crippen molar-refractivity contribution in [1.29, 1.82) is 0 Å². The fraction of sp³-hybridized carbons (Fsp3) is 0.176. The first kappa shape index (κ1) is 17.6. The minimum absolute atomic E-state index is 0.355. The zero-order chi connectivity index (χ0) is 18.5. The topological polar surface area (TPSA) is 86.6 Å². The summed E-state index contributed by atoms with van der Waals surface area (Å²) in [7, 11) is 4.66. The van der Waals surface area contributed by atoms with Crippen LogP contribution in [0.15, 0.2) is 41.8 Å². The van der Waals surface area contributed by atoms with Gasteiger partial charge in [-0.3, -0.25) is 4.98 Å². The Morgan fingerprint density at radius 3 is 2.46 bits per heavy atom. The van der Waals surface area contributed by atoms with Crippen molar-refractivity contribution in [3.8, 4) is 28.6 Å². The molecule has 0 aliphatic carbocycles. The molecule has 2 heterocycles. The molecule has 8 nitrogen and oxygen atoms in total. The molecule has 26 heavy (non-hydrogen) atoms. The monoisotopic (exact) mass is 371 g/mol. The van der Waals surface area contributed by atoms with Crippen LogP contribution in [0.4, 0.5) is 0 Å². The van der Waals surface area contributed by atoms with Gasteiger partial charge in [-0.2, -0.15) is 14.9 Å². The second kappa shape index (κ2) is 7.79. The summed E-state index contributed by atoms with van der Waals surface area (Å²) in [5, 5.41) is 11.4. The minimum Gasteiger partial charge on any atom is -0.493 e. The molecule has 0 amide bonds. The lowest BCUT2D eigenvalue weighted by Crippen LogP contribution is -1.99. The van der Waals surface area contributed by atoms with Crippen LogP contribution in [0.25, 0.3) is 11.4 Å². The van der Waals surface area contributed by atoms with Crippen molar-refractivity contribution in [3.63, 3.8) is 0 Å². The van der Waals surface area contributed by atoms with Gasteiger partial charge >= 0.3 is 0 Å². The van der Waals surface area contributed by atoms with Gasteiger partial charge in [-0.05, 0) is 30.4 Å². The molecule has 0 aliphatic heterocycles. The molecule has 0 bridgehead atoms. The maximum Gasteiger partial charge on any atom is 0.216 e. The van der Waals surface area contributed by atoms with E-state index in [1.807, 2.05) is 12.1 Å². The summed E-state index contributed by atoms with van der Waals surface area (Å²) >= 11 is 5.29. The van der Waals surface area contributed by atoms with E-state index in [-0.39, 0.29) is 0 Å². The van der Waals surface area contributed by atoms with Crippen LogP contribution in [0.3, 0.4) is 0 Å². The summed E-state index contributed by atoms with van der Waals surface area (Å²) in [6.45, 7) is 0. The predicted molar refractivity (Wildman–Crippen MR) is 99.7 cm³/mol. The number of benzene rings is 1. The SMILES string of the molecule is COc1cc(-c2n[nH]c(=S)n2/N=C\c2cccnc2)cc(OC)c1OC. The number of nitrogens with zero attached hydrogens (tertiary/aromatic N) is 4. The molecule has 0 spiro atoms. The summed E-state index contributed by atoms with van der Waals surface area (Å²) in [4.78, 5) is 4.06. The number of methoxy groups -OCH3 is 3. The Hall–Kier alpha value is -3.20. The predicted octanol–water partition coefficient (Wildman–Crippen LogP) is 2.91. The normalized spacial score (nSPS) is 10.9. The lowest BCUT2D eigenvalue weighted by atomic mass is 10.1. The smallest absolute Gasteiger partial charge is 0.216 e. The number of aromatic nitrogens is 4. The van der Waals surface area contributed by atoms with Gasteiger partial charge in [0.25, 0.3) is 0 Å². The molecule has 0 aliphatic rings. The van der Waals surface area contributed by atoms with Gasteiger partial charge in [0, 0.05) is 23.5 Å². The number of nitrogens with one attached hydrogen (secondary N) is 1. The Balaban J connectivity index is 2.09. The van der Waals surface area contributed by atoms with Crippen LogP contribution in [0, 0.1) is 4.77 Å². The molecule has 9 heteroatoms. The molecular formula is C17H17N5O3S. The van der Waals surface area contributed by atoms with Crippen LogP contribution in [0.1, 0.15) is 5.56 Å². The minimum atomic E-state index is 0.355. The van der Waals surface area contributed by atoms with E-state index in [1.165, 1.54) is 4.68 Å². The maximum absolute atomic E-state index is 5.39. The van der Waals surface area contributed by atoms with Crippen molar-refractivity contribution in [3.05, 3.63) is 47.0 Å². The summed E-state index contributed by atoms with van der Waals surface area (Å²) in [5.74, 6) is 2.03. The largest absolute Gasteiger partial charge is 0.493 e. The van der Waals surface area contributed by atoms with E-state index in [9.17, 15) is 0 Å².